The number of aryl methyl sites for hydroxylation is 1. The van der Waals surface area contributed by atoms with Crippen molar-refractivity contribution >= 4 is 32.8 Å². The summed E-state index contributed by atoms with van der Waals surface area (Å²) in [6.45, 7) is 1.89. The van der Waals surface area contributed by atoms with Crippen molar-refractivity contribution in [2.75, 3.05) is 0 Å². The van der Waals surface area contributed by atoms with Crippen LogP contribution in [0.25, 0.3) is 11.2 Å². The van der Waals surface area contributed by atoms with Gasteiger partial charge < -0.3 is 0 Å². The molecule has 0 N–H and O–H groups in total. The third kappa shape index (κ3) is 1.97. The molecule has 0 aliphatic heterocycles. The molecule has 0 bridgehead atoms. The largest absolute Gasteiger partial charge is 0.271 e. The van der Waals surface area contributed by atoms with Crippen LogP contribution >= 0.6 is 11.6 Å². The second-order valence-corrected chi connectivity index (χ2v) is 6.43. The van der Waals surface area contributed by atoms with Crippen molar-refractivity contribution in [3.8, 4) is 0 Å². The van der Waals surface area contributed by atoms with Crippen LogP contribution in [0.3, 0.4) is 0 Å². The van der Waals surface area contributed by atoms with E-state index in [0.717, 1.165) is 9.54 Å². The van der Waals surface area contributed by atoms with Crippen LogP contribution in [0.5, 0.6) is 0 Å². The zero-order valence-electron chi connectivity index (χ0n) is 10.5. The van der Waals surface area contributed by atoms with Crippen LogP contribution in [0.1, 0.15) is 5.56 Å². The van der Waals surface area contributed by atoms with Gasteiger partial charge >= 0.3 is 0 Å². The van der Waals surface area contributed by atoms with Gasteiger partial charge in [0.2, 0.25) is 5.28 Å². The van der Waals surface area contributed by atoms with E-state index in [2.05, 4.69) is 9.97 Å². The lowest BCUT2D eigenvalue weighted by atomic mass is 10.2. The Hall–Kier alpha value is -1.92. The number of imidazole rings is 1. The molecule has 0 aliphatic rings. The van der Waals surface area contributed by atoms with Crippen LogP contribution in [-0.4, -0.2) is 22.4 Å². The molecule has 1 aromatic carbocycles. The molecule has 2 aromatic heterocycles. The van der Waals surface area contributed by atoms with Crippen molar-refractivity contribution in [2.24, 2.45) is 0 Å². The van der Waals surface area contributed by atoms with Crippen molar-refractivity contribution in [1.29, 1.82) is 0 Å². The Bertz CT molecular complexity index is 886. The molecule has 3 aromatic rings. The number of halogens is 1. The van der Waals surface area contributed by atoms with Gasteiger partial charge in [0.1, 0.15) is 5.52 Å². The molecule has 0 aliphatic carbocycles. The third-order valence-electron chi connectivity index (χ3n) is 2.90. The van der Waals surface area contributed by atoms with Crippen molar-refractivity contribution in [3.63, 3.8) is 0 Å². The number of pyridine rings is 1. The Morgan fingerprint density at radius 2 is 1.85 bits per heavy atom. The summed E-state index contributed by atoms with van der Waals surface area (Å²) in [7, 11) is -3.81. The van der Waals surface area contributed by atoms with Crippen LogP contribution in [-0.2, 0) is 10.0 Å². The van der Waals surface area contributed by atoms with Gasteiger partial charge in [-0.15, -0.1) is 0 Å². The highest BCUT2D eigenvalue weighted by Crippen LogP contribution is 2.24. The van der Waals surface area contributed by atoms with Crippen LogP contribution in [0.15, 0.2) is 47.5 Å². The van der Waals surface area contributed by atoms with Gasteiger partial charge in [-0.2, -0.15) is 3.97 Å². The van der Waals surface area contributed by atoms with E-state index in [4.69, 9.17) is 11.6 Å². The first-order valence-electron chi connectivity index (χ1n) is 5.81. The van der Waals surface area contributed by atoms with Crippen LogP contribution in [0, 0.1) is 6.92 Å². The molecule has 102 valence electrons. The van der Waals surface area contributed by atoms with Crippen LogP contribution in [0.4, 0.5) is 0 Å². The molecule has 20 heavy (non-hydrogen) atoms. The van der Waals surface area contributed by atoms with E-state index in [1.165, 1.54) is 18.3 Å². The molecule has 0 radical (unpaired) electrons. The average molecular weight is 308 g/mol. The quantitative estimate of drug-likeness (QED) is 0.730. The van der Waals surface area contributed by atoms with Crippen molar-refractivity contribution < 1.29 is 8.42 Å². The van der Waals surface area contributed by atoms with E-state index in [0.29, 0.717) is 5.52 Å². The highest BCUT2D eigenvalue weighted by Gasteiger charge is 2.24. The van der Waals surface area contributed by atoms with E-state index in [1.807, 2.05) is 6.92 Å². The summed E-state index contributed by atoms with van der Waals surface area (Å²) < 4.78 is 26.2. The zero-order valence-corrected chi connectivity index (χ0v) is 12.1. The third-order valence-corrected chi connectivity index (χ3v) is 4.95. The second-order valence-electron chi connectivity index (χ2n) is 4.31. The molecule has 0 atom stereocenters. The molecular weight excluding hydrogens is 298 g/mol. The average Bonchev–Trinajstić information content (AvgIpc) is 2.75. The number of aromatic nitrogens is 3. The Morgan fingerprint density at radius 3 is 2.55 bits per heavy atom. The van der Waals surface area contributed by atoms with Gasteiger partial charge in [0.25, 0.3) is 10.0 Å². The molecule has 0 fully saturated rings. The lowest BCUT2D eigenvalue weighted by Gasteiger charge is -2.07. The molecule has 2 heterocycles. The normalized spacial score (nSPS) is 11.9. The standard InChI is InChI=1S/C13H10ClN3O2S/c1-9-4-6-10(7-5-9)20(18,19)17-12-11(16-13(17)14)3-2-8-15-12/h2-8H,1H3. The summed E-state index contributed by atoms with van der Waals surface area (Å²) in [5, 5.41) is -0.126. The van der Waals surface area contributed by atoms with Gasteiger partial charge in [-0.25, -0.2) is 18.4 Å². The number of hydrogen-bond acceptors (Lipinski definition) is 4. The SMILES string of the molecule is Cc1ccc(S(=O)(=O)n2c(Cl)nc3cccnc32)cc1. The fraction of sp³-hybridized carbons (Fsp3) is 0.0769. The molecule has 5 nitrogen and oxygen atoms in total. The maximum Gasteiger partial charge on any atom is 0.271 e. The maximum atomic E-state index is 12.6. The van der Waals surface area contributed by atoms with Gasteiger partial charge in [-0.1, -0.05) is 17.7 Å². The minimum Gasteiger partial charge on any atom is -0.236 e. The molecule has 0 amide bonds. The van der Waals surface area contributed by atoms with Gasteiger partial charge in [0, 0.05) is 6.20 Å². The van der Waals surface area contributed by atoms with Crippen molar-refractivity contribution in [2.45, 2.75) is 11.8 Å². The number of rotatable bonds is 2. The zero-order chi connectivity index (χ0) is 14.3. The molecule has 0 spiro atoms. The summed E-state index contributed by atoms with van der Waals surface area (Å²) in [6.07, 6.45) is 1.50. The molecule has 0 saturated carbocycles. The fourth-order valence-electron chi connectivity index (χ4n) is 1.89. The van der Waals surface area contributed by atoms with E-state index in [1.54, 1.807) is 24.3 Å². The first kappa shape index (κ1) is 13.1. The summed E-state index contributed by atoms with van der Waals surface area (Å²) in [4.78, 5) is 8.21. The smallest absolute Gasteiger partial charge is 0.236 e. The Morgan fingerprint density at radius 1 is 1.15 bits per heavy atom. The Kier molecular flexibility index (Phi) is 2.99. The van der Waals surface area contributed by atoms with Crippen molar-refractivity contribution in [3.05, 3.63) is 53.4 Å². The molecule has 3 rings (SSSR count). The first-order valence-corrected chi connectivity index (χ1v) is 7.63. The highest BCUT2D eigenvalue weighted by atomic mass is 35.5. The maximum absolute atomic E-state index is 12.6. The van der Waals surface area contributed by atoms with E-state index >= 15 is 0 Å². The molecule has 0 unspecified atom stereocenters. The van der Waals surface area contributed by atoms with Gasteiger partial charge in [0.15, 0.2) is 5.65 Å². The fourth-order valence-corrected chi connectivity index (χ4v) is 3.64. The lowest BCUT2D eigenvalue weighted by Crippen LogP contribution is -2.13. The predicted molar refractivity (Wildman–Crippen MR) is 76.3 cm³/mol. The Labute approximate surface area is 120 Å². The van der Waals surface area contributed by atoms with Gasteiger partial charge in [0.05, 0.1) is 4.90 Å². The van der Waals surface area contributed by atoms with Crippen LogP contribution < -0.4 is 0 Å². The van der Waals surface area contributed by atoms with Crippen molar-refractivity contribution in [1.82, 2.24) is 13.9 Å². The minimum absolute atomic E-state index is 0.126. The predicted octanol–water partition coefficient (Wildman–Crippen LogP) is 2.63. The summed E-state index contributed by atoms with van der Waals surface area (Å²) in [5.41, 5.74) is 1.63. The minimum atomic E-state index is -3.81. The molecule has 0 saturated heterocycles. The van der Waals surface area contributed by atoms with Crippen LogP contribution in [0.2, 0.25) is 5.28 Å². The van der Waals surface area contributed by atoms with Gasteiger partial charge in [-0.05, 0) is 42.8 Å². The van der Waals surface area contributed by atoms with E-state index in [9.17, 15) is 8.42 Å². The highest BCUT2D eigenvalue weighted by molar-refractivity contribution is 7.90. The summed E-state index contributed by atoms with van der Waals surface area (Å²) in [6, 6.07) is 9.87. The summed E-state index contributed by atoms with van der Waals surface area (Å²) >= 11 is 5.97. The number of benzene rings is 1. The first-order chi connectivity index (χ1) is 9.50. The lowest BCUT2D eigenvalue weighted by molar-refractivity contribution is 0.588. The monoisotopic (exact) mass is 307 g/mol. The Balaban J connectivity index is 2.29. The van der Waals surface area contributed by atoms with E-state index < -0.39 is 10.0 Å². The second kappa shape index (κ2) is 4.57. The topological polar surface area (TPSA) is 64.8 Å². The van der Waals surface area contributed by atoms with E-state index in [-0.39, 0.29) is 15.8 Å². The number of nitrogens with zero attached hydrogens (tertiary/aromatic N) is 3. The number of fused-ring (bicyclic) bond motifs is 1. The molecule has 7 heteroatoms. The number of hydrogen-bond donors (Lipinski definition) is 0. The summed E-state index contributed by atoms with van der Waals surface area (Å²) in [5.74, 6) is 0. The van der Waals surface area contributed by atoms with Gasteiger partial charge in [-0.3, -0.25) is 0 Å². The molecular formula is C13H10ClN3O2S.